The first-order valence-corrected chi connectivity index (χ1v) is 8.08. The smallest absolute Gasteiger partial charge is 0.417 e. The van der Waals surface area contributed by atoms with Gasteiger partial charge in [0.05, 0.1) is 17.8 Å². The lowest BCUT2D eigenvalue weighted by Gasteiger charge is -2.44. The van der Waals surface area contributed by atoms with Crippen molar-refractivity contribution in [1.82, 2.24) is 9.88 Å². The van der Waals surface area contributed by atoms with E-state index >= 15 is 0 Å². The third-order valence-electron chi connectivity index (χ3n) is 4.06. The van der Waals surface area contributed by atoms with Crippen molar-refractivity contribution in [2.45, 2.75) is 38.6 Å². The molecular formula is C16H19F3N4O3. The number of nitrogens with one attached hydrogen (secondary N) is 1. The minimum absolute atomic E-state index is 0.0202. The summed E-state index contributed by atoms with van der Waals surface area (Å²) in [7, 11) is 0. The van der Waals surface area contributed by atoms with Gasteiger partial charge < -0.3 is 19.9 Å². The van der Waals surface area contributed by atoms with E-state index in [2.05, 4.69) is 10.3 Å². The third kappa shape index (κ3) is 3.54. The van der Waals surface area contributed by atoms with Crippen LogP contribution in [0.2, 0.25) is 0 Å². The number of rotatable bonds is 0. The van der Waals surface area contributed by atoms with E-state index in [1.165, 1.54) is 4.90 Å². The molecule has 1 unspecified atom stereocenters. The molecule has 10 heteroatoms. The summed E-state index contributed by atoms with van der Waals surface area (Å²) in [6, 6.07) is 0.143. The van der Waals surface area contributed by atoms with Crippen LogP contribution in [0.15, 0.2) is 12.3 Å². The highest BCUT2D eigenvalue weighted by Gasteiger charge is 2.41. The molecule has 3 rings (SSSR count). The van der Waals surface area contributed by atoms with Crippen molar-refractivity contribution in [2.75, 3.05) is 29.9 Å². The summed E-state index contributed by atoms with van der Waals surface area (Å²) in [4.78, 5) is 31.5. The standard InChI is InChI=1S/C16H19F3N4O3/c1-15(2,3)26-14(25)22-4-5-23-11(8-22)13(24)21-10-6-9(16(17,18)19)7-20-12(10)23/h6-7,11H,4-5,8H2,1-3H3,(H,21,24). The van der Waals surface area contributed by atoms with Crippen LogP contribution in [0.4, 0.5) is 29.5 Å². The minimum atomic E-state index is -4.54. The Morgan fingerprint density at radius 3 is 2.62 bits per heavy atom. The quantitative estimate of drug-likeness (QED) is 0.757. The number of anilines is 2. The highest BCUT2D eigenvalue weighted by atomic mass is 19.4. The van der Waals surface area contributed by atoms with Crippen molar-refractivity contribution in [3.8, 4) is 0 Å². The number of amides is 2. The number of piperazine rings is 1. The second-order valence-corrected chi connectivity index (χ2v) is 7.22. The van der Waals surface area contributed by atoms with E-state index in [1.807, 2.05) is 0 Å². The second-order valence-electron chi connectivity index (χ2n) is 7.22. The summed E-state index contributed by atoms with van der Waals surface area (Å²) in [5.74, 6) is -0.210. The van der Waals surface area contributed by atoms with Gasteiger partial charge in [-0.25, -0.2) is 9.78 Å². The Balaban J connectivity index is 1.81. The van der Waals surface area contributed by atoms with Crippen molar-refractivity contribution in [3.05, 3.63) is 17.8 Å². The molecule has 7 nitrogen and oxygen atoms in total. The van der Waals surface area contributed by atoms with E-state index < -0.39 is 35.4 Å². The number of carbonyl (C=O) groups excluding carboxylic acids is 2. The van der Waals surface area contributed by atoms with Crippen molar-refractivity contribution < 1.29 is 27.5 Å². The molecule has 0 radical (unpaired) electrons. The molecule has 0 bridgehead atoms. The van der Waals surface area contributed by atoms with E-state index in [-0.39, 0.29) is 31.1 Å². The maximum Gasteiger partial charge on any atom is 0.417 e. The third-order valence-corrected chi connectivity index (χ3v) is 4.06. The molecule has 0 spiro atoms. The average Bonchev–Trinajstić information content (AvgIpc) is 2.51. The summed E-state index contributed by atoms with van der Waals surface area (Å²) in [6.07, 6.45) is -4.33. The van der Waals surface area contributed by atoms with E-state index in [0.717, 1.165) is 12.3 Å². The Morgan fingerprint density at radius 1 is 1.31 bits per heavy atom. The van der Waals surface area contributed by atoms with Crippen LogP contribution in [0.5, 0.6) is 0 Å². The van der Waals surface area contributed by atoms with Gasteiger partial charge in [0.25, 0.3) is 0 Å². The number of aromatic nitrogens is 1. The monoisotopic (exact) mass is 372 g/mol. The van der Waals surface area contributed by atoms with Crippen LogP contribution in [0.1, 0.15) is 26.3 Å². The number of alkyl halides is 3. The summed E-state index contributed by atoms with van der Waals surface area (Å²) in [5, 5.41) is 2.46. The van der Waals surface area contributed by atoms with Crippen molar-refractivity contribution in [1.29, 1.82) is 0 Å². The van der Waals surface area contributed by atoms with Gasteiger partial charge in [0, 0.05) is 19.3 Å². The van der Waals surface area contributed by atoms with Crippen LogP contribution in [-0.4, -0.2) is 53.2 Å². The van der Waals surface area contributed by atoms with Gasteiger partial charge in [-0.05, 0) is 26.8 Å². The predicted octanol–water partition coefficient (Wildman–Crippen LogP) is 2.48. The fraction of sp³-hybridized carbons (Fsp3) is 0.562. The molecule has 0 saturated carbocycles. The van der Waals surface area contributed by atoms with Crippen LogP contribution >= 0.6 is 0 Å². The summed E-state index contributed by atoms with van der Waals surface area (Å²) < 4.78 is 43.8. The first-order chi connectivity index (χ1) is 12.0. The number of nitrogens with zero attached hydrogens (tertiary/aromatic N) is 3. The van der Waals surface area contributed by atoms with Crippen molar-refractivity contribution in [3.63, 3.8) is 0 Å². The summed E-state index contributed by atoms with van der Waals surface area (Å²) in [6.45, 7) is 5.85. The molecule has 2 aliphatic rings. The van der Waals surface area contributed by atoms with Crippen LogP contribution in [0.25, 0.3) is 0 Å². The van der Waals surface area contributed by atoms with Crippen molar-refractivity contribution >= 4 is 23.5 Å². The lowest BCUT2D eigenvalue weighted by atomic mass is 10.1. The Hall–Kier alpha value is -2.52. The zero-order chi connectivity index (χ0) is 19.3. The van der Waals surface area contributed by atoms with E-state index in [9.17, 15) is 22.8 Å². The van der Waals surface area contributed by atoms with Gasteiger partial charge in [-0.3, -0.25) is 4.79 Å². The summed E-state index contributed by atoms with van der Waals surface area (Å²) >= 11 is 0. The molecule has 1 aromatic rings. The minimum Gasteiger partial charge on any atom is -0.444 e. The Morgan fingerprint density at radius 2 is 2.00 bits per heavy atom. The topological polar surface area (TPSA) is 74.8 Å². The maximum atomic E-state index is 12.8. The number of ether oxygens (including phenoxy) is 1. The van der Waals surface area contributed by atoms with E-state index in [0.29, 0.717) is 0 Å². The predicted molar refractivity (Wildman–Crippen MR) is 86.8 cm³/mol. The average molecular weight is 372 g/mol. The molecule has 26 heavy (non-hydrogen) atoms. The fourth-order valence-corrected chi connectivity index (χ4v) is 2.90. The van der Waals surface area contributed by atoms with Gasteiger partial charge in [-0.1, -0.05) is 0 Å². The molecular weight excluding hydrogens is 353 g/mol. The first-order valence-electron chi connectivity index (χ1n) is 8.08. The van der Waals surface area contributed by atoms with Gasteiger partial charge in [-0.2, -0.15) is 13.2 Å². The first kappa shape index (κ1) is 18.3. The molecule has 1 saturated heterocycles. The molecule has 2 amide bonds. The molecule has 0 aromatic carbocycles. The molecule has 1 N–H and O–H groups in total. The Labute approximate surface area is 148 Å². The highest BCUT2D eigenvalue weighted by molar-refractivity contribution is 6.03. The fourth-order valence-electron chi connectivity index (χ4n) is 2.90. The second kappa shape index (κ2) is 6.03. The highest BCUT2D eigenvalue weighted by Crippen LogP contribution is 2.37. The number of carbonyl (C=O) groups is 2. The SMILES string of the molecule is CC(C)(C)OC(=O)N1CCN2c3ncc(C(F)(F)F)cc3NC(=O)C2C1. The molecule has 1 aromatic heterocycles. The van der Waals surface area contributed by atoms with Crippen molar-refractivity contribution in [2.24, 2.45) is 0 Å². The Bertz CT molecular complexity index is 745. The normalized spacial score (nSPS) is 20.2. The van der Waals surface area contributed by atoms with Gasteiger partial charge in [-0.15, -0.1) is 0 Å². The largest absolute Gasteiger partial charge is 0.444 e. The number of pyridine rings is 1. The van der Waals surface area contributed by atoms with E-state index in [4.69, 9.17) is 4.74 Å². The lowest BCUT2D eigenvalue weighted by molar-refractivity contribution is -0.137. The number of hydrogen-bond donors (Lipinski definition) is 1. The zero-order valence-corrected chi connectivity index (χ0v) is 14.6. The van der Waals surface area contributed by atoms with Crippen LogP contribution in [0.3, 0.4) is 0 Å². The molecule has 1 fully saturated rings. The van der Waals surface area contributed by atoms with Gasteiger partial charge in [0.2, 0.25) is 5.91 Å². The van der Waals surface area contributed by atoms with Crippen LogP contribution in [-0.2, 0) is 15.7 Å². The van der Waals surface area contributed by atoms with E-state index in [1.54, 1.807) is 25.7 Å². The molecule has 1 atom stereocenters. The van der Waals surface area contributed by atoms with Gasteiger partial charge in [0.1, 0.15) is 11.6 Å². The van der Waals surface area contributed by atoms with Crippen LogP contribution in [0, 0.1) is 0 Å². The Kier molecular flexibility index (Phi) is 4.24. The van der Waals surface area contributed by atoms with Gasteiger partial charge in [0.15, 0.2) is 5.82 Å². The summed E-state index contributed by atoms with van der Waals surface area (Å²) in [5.41, 5.74) is -1.57. The number of halogens is 3. The van der Waals surface area contributed by atoms with Crippen LogP contribution < -0.4 is 10.2 Å². The molecule has 0 aliphatic carbocycles. The molecule has 3 heterocycles. The number of hydrogen-bond acceptors (Lipinski definition) is 5. The maximum absolute atomic E-state index is 12.8. The van der Waals surface area contributed by atoms with Gasteiger partial charge >= 0.3 is 12.3 Å². The molecule has 142 valence electrons. The lowest BCUT2D eigenvalue weighted by Crippen LogP contribution is -2.61. The molecule has 2 aliphatic heterocycles. The zero-order valence-electron chi connectivity index (χ0n) is 14.6. The number of fused-ring (bicyclic) bond motifs is 3.